The van der Waals surface area contributed by atoms with Gasteiger partial charge in [0.25, 0.3) is 11.7 Å². The normalized spacial score (nSPS) is 17.0. The van der Waals surface area contributed by atoms with Gasteiger partial charge in [0.15, 0.2) is 0 Å². The fraction of sp³-hybridized carbons (Fsp3) is 0.389. The van der Waals surface area contributed by atoms with E-state index in [9.17, 15) is 9.59 Å². The molecule has 126 valence electrons. The Bertz CT molecular complexity index is 746. The lowest BCUT2D eigenvalue weighted by molar-refractivity contribution is -0.117. The number of rotatable bonds is 5. The minimum absolute atomic E-state index is 0.0102. The van der Waals surface area contributed by atoms with Gasteiger partial charge in [0.2, 0.25) is 0 Å². The van der Waals surface area contributed by atoms with Crippen LogP contribution >= 0.6 is 0 Å². The lowest BCUT2D eigenvalue weighted by atomic mass is 10.1. The predicted molar refractivity (Wildman–Crippen MR) is 89.4 cm³/mol. The van der Waals surface area contributed by atoms with Crippen molar-refractivity contribution in [3.63, 3.8) is 0 Å². The fourth-order valence-electron chi connectivity index (χ4n) is 3.00. The molecule has 1 atom stereocenters. The van der Waals surface area contributed by atoms with Gasteiger partial charge in [-0.3, -0.25) is 9.59 Å². The van der Waals surface area contributed by atoms with E-state index in [1.165, 1.54) is 0 Å². The number of Topliss-reactive ketones (excluding diaryl/α,β-unsaturated/α-hetero) is 1. The number of ether oxygens (including phenoxy) is 1. The summed E-state index contributed by atoms with van der Waals surface area (Å²) >= 11 is 0. The molecule has 1 aliphatic rings. The van der Waals surface area contributed by atoms with Crippen molar-refractivity contribution in [3.8, 4) is 5.69 Å². The second-order valence-electron chi connectivity index (χ2n) is 5.97. The highest BCUT2D eigenvalue weighted by atomic mass is 16.5. The first-order valence-electron chi connectivity index (χ1n) is 8.13. The maximum absolute atomic E-state index is 12.5. The first-order valence-corrected chi connectivity index (χ1v) is 8.13. The van der Waals surface area contributed by atoms with Gasteiger partial charge in [-0.1, -0.05) is 18.2 Å². The number of benzene rings is 1. The molecule has 2 heterocycles. The predicted octanol–water partition coefficient (Wildman–Crippen LogP) is 1.97. The van der Waals surface area contributed by atoms with Crippen molar-refractivity contribution in [2.75, 3.05) is 13.2 Å². The zero-order chi connectivity index (χ0) is 17.1. The van der Waals surface area contributed by atoms with Crippen LogP contribution in [-0.4, -0.2) is 40.7 Å². The highest BCUT2D eigenvalue weighted by molar-refractivity contribution is 6.43. The Morgan fingerprint density at radius 2 is 2.04 bits per heavy atom. The van der Waals surface area contributed by atoms with E-state index < -0.39 is 11.7 Å². The number of carbonyl (C=O) groups is 2. The van der Waals surface area contributed by atoms with E-state index in [2.05, 4.69) is 10.4 Å². The van der Waals surface area contributed by atoms with Crippen molar-refractivity contribution in [1.82, 2.24) is 15.1 Å². The molecule has 6 nitrogen and oxygen atoms in total. The number of aromatic nitrogens is 2. The SMILES string of the molecule is Cc1nn(-c2ccccc2)c(C)c1C(=O)C(=O)NC[C@H]1CCCO1. The van der Waals surface area contributed by atoms with Gasteiger partial charge in [-0.15, -0.1) is 0 Å². The molecule has 0 unspecified atom stereocenters. The molecule has 1 aromatic heterocycles. The quantitative estimate of drug-likeness (QED) is 0.673. The number of nitrogens with one attached hydrogen (secondary N) is 1. The number of carbonyl (C=O) groups excluding carboxylic acids is 2. The molecular formula is C18H21N3O3. The van der Waals surface area contributed by atoms with Gasteiger partial charge < -0.3 is 10.1 Å². The largest absolute Gasteiger partial charge is 0.376 e. The minimum atomic E-state index is -0.607. The molecule has 1 fully saturated rings. The van der Waals surface area contributed by atoms with E-state index >= 15 is 0 Å². The monoisotopic (exact) mass is 327 g/mol. The van der Waals surface area contributed by atoms with E-state index in [1.807, 2.05) is 30.3 Å². The van der Waals surface area contributed by atoms with Crippen molar-refractivity contribution in [3.05, 3.63) is 47.3 Å². The molecule has 24 heavy (non-hydrogen) atoms. The molecule has 1 N–H and O–H groups in total. The third-order valence-electron chi connectivity index (χ3n) is 4.24. The van der Waals surface area contributed by atoms with Crippen molar-refractivity contribution in [2.24, 2.45) is 0 Å². The van der Waals surface area contributed by atoms with Gasteiger partial charge in [-0.2, -0.15) is 5.10 Å². The number of amides is 1. The lowest BCUT2D eigenvalue weighted by Crippen LogP contribution is -2.36. The Balaban J connectivity index is 1.77. The number of nitrogens with zero attached hydrogens (tertiary/aromatic N) is 2. The summed E-state index contributed by atoms with van der Waals surface area (Å²) in [5.74, 6) is -1.16. The van der Waals surface area contributed by atoms with E-state index in [1.54, 1.807) is 18.5 Å². The maximum atomic E-state index is 12.5. The summed E-state index contributed by atoms with van der Waals surface area (Å²) in [5, 5.41) is 7.09. The van der Waals surface area contributed by atoms with Gasteiger partial charge in [-0.25, -0.2) is 4.68 Å². The second kappa shape index (κ2) is 6.97. The van der Waals surface area contributed by atoms with E-state index in [0.29, 0.717) is 23.5 Å². The molecule has 1 saturated heterocycles. The molecule has 1 aromatic carbocycles. The zero-order valence-corrected chi connectivity index (χ0v) is 13.9. The molecule has 0 saturated carbocycles. The highest BCUT2D eigenvalue weighted by Gasteiger charge is 2.26. The number of aryl methyl sites for hydroxylation is 1. The standard InChI is InChI=1S/C18H21N3O3/c1-12-16(13(2)21(20-12)14-7-4-3-5-8-14)17(22)18(23)19-11-15-9-6-10-24-15/h3-5,7-8,15H,6,9-11H2,1-2H3,(H,19,23)/t15-/m1/s1. The van der Waals surface area contributed by atoms with Crippen LogP contribution < -0.4 is 5.32 Å². The lowest BCUT2D eigenvalue weighted by Gasteiger charge is -2.10. The first-order chi connectivity index (χ1) is 11.6. The van der Waals surface area contributed by atoms with Crippen LogP contribution in [0.1, 0.15) is 34.6 Å². The highest BCUT2D eigenvalue weighted by Crippen LogP contribution is 2.18. The van der Waals surface area contributed by atoms with Crippen LogP contribution in [0.2, 0.25) is 0 Å². The van der Waals surface area contributed by atoms with Crippen LogP contribution in [0.25, 0.3) is 5.69 Å². The summed E-state index contributed by atoms with van der Waals surface area (Å²) in [4.78, 5) is 24.7. The Morgan fingerprint density at radius 1 is 1.29 bits per heavy atom. The maximum Gasteiger partial charge on any atom is 0.292 e. The number of para-hydroxylation sites is 1. The van der Waals surface area contributed by atoms with Gasteiger partial charge in [0, 0.05) is 13.2 Å². The van der Waals surface area contributed by atoms with Crippen LogP contribution in [0.15, 0.2) is 30.3 Å². The van der Waals surface area contributed by atoms with Gasteiger partial charge in [0.05, 0.1) is 28.7 Å². The Labute approximate surface area is 140 Å². The van der Waals surface area contributed by atoms with Crippen LogP contribution in [0.3, 0.4) is 0 Å². The number of hydrogen-bond acceptors (Lipinski definition) is 4. The Kier molecular flexibility index (Phi) is 4.76. The molecule has 6 heteroatoms. The topological polar surface area (TPSA) is 73.2 Å². The van der Waals surface area contributed by atoms with E-state index in [4.69, 9.17) is 4.74 Å². The molecule has 0 bridgehead atoms. The summed E-state index contributed by atoms with van der Waals surface area (Å²) in [6, 6.07) is 9.54. The minimum Gasteiger partial charge on any atom is -0.376 e. The van der Waals surface area contributed by atoms with Crippen LogP contribution in [0.5, 0.6) is 0 Å². The van der Waals surface area contributed by atoms with Crippen molar-refractivity contribution >= 4 is 11.7 Å². The molecule has 1 aliphatic heterocycles. The van der Waals surface area contributed by atoms with Crippen LogP contribution in [0, 0.1) is 13.8 Å². The van der Waals surface area contributed by atoms with E-state index in [-0.39, 0.29) is 6.10 Å². The third-order valence-corrected chi connectivity index (χ3v) is 4.24. The molecule has 0 aliphatic carbocycles. The average Bonchev–Trinajstić information content (AvgIpc) is 3.21. The van der Waals surface area contributed by atoms with Gasteiger partial charge in [0.1, 0.15) is 0 Å². The van der Waals surface area contributed by atoms with Crippen molar-refractivity contribution in [2.45, 2.75) is 32.8 Å². The third kappa shape index (κ3) is 3.23. The summed E-state index contributed by atoms with van der Waals surface area (Å²) in [6.45, 7) is 4.63. The van der Waals surface area contributed by atoms with Crippen molar-refractivity contribution < 1.29 is 14.3 Å². The molecule has 0 radical (unpaired) electrons. The van der Waals surface area contributed by atoms with Crippen LogP contribution in [-0.2, 0) is 9.53 Å². The second-order valence-corrected chi connectivity index (χ2v) is 5.97. The number of hydrogen-bond donors (Lipinski definition) is 1. The summed E-state index contributed by atoms with van der Waals surface area (Å²) in [5.41, 5.74) is 2.44. The van der Waals surface area contributed by atoms with Gasteiger partial charge >= 0.3 is 0 Å². The zero-order valence-electron chi connectivity index (χ0n) is 13.9. The first kappa shape index (κ1) is 16.4. The Hall–Kier alpha value is -2.47. The van der Waals surface area contributed by atoms with E-state index in [0.717, 1.165) is 25.1 Å². The average molecular weight is 327 g/mol. The summed E-state index contributed by atoms with van der Waals surface area (Å²) < 4.78 is 7.15. The molecule has 0 spiro atoms. The molecule has 2 aromatic rings. The Morgan fingerprint density at radius 3 is 2.71 bits per heavy atom. The summed E-state index contributed by atoms with van der Waals surface area (Å²) in [6.07, 6.45) is 1.92. The molecular weight excluding hydrogens is 306 g/mol. The van der Waals surface area contributed by atoms with Gasteiger partial charge in [-0.05, 0) is 38.8 Å². The number of ketones is 1. The van der Waals surface area contributed by atoms with Crippen molar-refractivity contribution in [1.29, 1.82) is 0 Å². The molecule has 1 amide bonds. The summed E-state index contributed by atoms with van der Waals surface area (Å²) in [7, 11) is 0. The van der Waals surface area contributed by atoms with Crippen LogP contribution in [0.4, 0.5) is 0 Å². The molecule has 3 rings (SSSR count). The fourth-order valence-corrected chi connectivity index (χ4v) is 3.00. The smallest absolute Gasteiger partial charge is 0.292 e.